The van der Waals surface area contributed by atoms with E-state index in [1.807, 2.05) is 55.0 Å². The van der Waals surface area contributed by atoms with Crippen LogP contribution < -0.4 is 5.32 Å². The summed E-state index contributed by atoms with van der Waals surface area (Å²) in [5, 5.41) is 4.39. The lowest BCUT2D eigenvalue weighted by Crippen LogP contribution is -1.89. The van der Waals surface area contributed by atoms with Gasteiger partial charge < -0.3 is 10.3 Å². The minimum absolute atomic E-state index is 1.10. The van der Waals surface area contributed by atoms with E-state index < -0.39 is 0 Å². The molecule has 0 fully saturated rings. The van der Waals surface area contributed by atoms with E-state index in [4.69, 9.17) is 0 Å². The zero-order valence-electron chi connectivity index (χ0n) is 11.0. The van der Waals surface area contributed by atoms with Crippen LogP contribution in [0.25, 0.3) is 10.9 Å². The molecule has 1 aromatic heterocycles. The first kappa shape index (κ1) is 12.2. The number of aromatic nitrogens is 1. The van der Waals surface area contributed by atoms with Crippen LogP contribution >= 0.6 is 0 Å². The normalized spacial score (nSPS) is 12.0. The van der Waals surface area contributed by atoms with Gasteiger partial charge in [-0.3, -0.25) is 4.99 Å². The fourth-order valence-electron chi connectivity index (χ4n) is 2.03. The molecule has 0 unspecified atom stereocenters. The van der Waals surface area contributed by atoms with Crippen LogP contribution in [0.5, 0.6) is 0 Å². The number of H-pyrrole nitrogens is 1. The average molecular weight is 261 g/mol. The van der Waals surface area contributed by atoms with E-state index in [1.54, 1.807) is 6.20 Å². The van der Waals surface area contributed by atoms with Crippen molar-refractivity contribution >= 4 is 22.8 Å². The Morgan fingerprint density at radius 1 is 0.850 bits per heavy atom. The van der Waals surface area contributed by atoms with Gasteiger partial charge in [0, 0.05) is 41.6 Å². The first-order valence-electron chi connectivity index (χ1n) is 6.49. The van der Waals surface area contributed by atoms with E-state index in [-0.39, 0.29) is 0 Å². The molecule has 0 aliphatic carbocycles. The topological polar surface area (TPSA) is 40.2 Å². The van der Waals surface area contributed by atoms with Crippen molar-refractivity contribution < 1.29 is 0 Å². The van der Waals surface area contributed by atoms with Crippen molar-refractivity contribution in [3.8, 4) is 0 Å². The molecule has 3 nitrogen and oxygen atoms in total. The Labute approximate surface area is 117 Å². The molecule has 2 aromatic carbocycles. The molecule has 1 aliphatic rings. The summed E-state index contributed by atoms with van der Waals surface area (Å²) in [4.78, 5) is 7.16. The second kappa shape index (κ2) is 5.89. The van der Waals surface area contributed by atoms with Crippen LogP contribution in [0.4, 0.5) is 5.69 Å². The Morgan fingerprint density at radius 2 is 1.70 bits per heavy atom. The second-order valence-corrected chi connectivity index (χ2v) is 4.39. The highest BCUT2D eigenvalue weighted by atomic mass is 14.9. The number of aliphatic imine (C=N–C) groups is 1. The molecule has 0 radical (unpaired) electrons. The lowest BCUT2D eigenvalue weighted by atomic mass is 10.2. The Bertz CT molecular complexity index is 723. The molecule has 0 atom stereocenters. The first-order chi connectivity index (χ1) is 9.93. The van der Waals surface area contributed by atoms with Gasteiger partial charge in [-0.1, -0.05) is 36.4 Å². The predicted octanol–water partition coefficient (Wildman–Crippen LogP) is 4.17. The molecule has 0 saturated carbocycles. The van der Waals surface area contributed by atoms with Crippen molar-refractivity contribution in [3.63, 3.8) is 0 Å². The number of hydrogen-bond acceptors (Lipinski definition) is 2. The van der Waals surface area contributed by atoms with Crippen LogP contribution in [-0.4, -0.2) is 11.2 Å². The summed E-state index contributed by atoms with van der Waals surface area (Å²) >= 11 is 0. The van der Waals surface area contributed by atoms with Crippen LogP contribution in [-0.2, 0) is 0 Å². The fraction of sp³-hybridized carbons (Fsp3) is 0. The van der Waals surface area contributed by atoms with E-state index in [1.165, 1.54) is 10.9 Å². The number of nitrogens with zero attached hydrogens (tertiary/aromatic N) is 1. The largest absolute Gasteiger partial charge is 0.361 e. The zero-order valence-corrected chi connectivity index (χ0v) is 11.0. The second-order valence-electron chi connectivity index (χ2n) is 4.39. The molecule has 0 spiro atoms. The number of benzene rings is 2. The molecule has 2 N–H and O–H groups in total. The SMILES string of the molecule is C1=CNc2ccccc2C=N1.c1ccc2[nH]ccc2c1. The molecule has 0 amide bonds. The average Bonchev–Trinajstić information content (AvgIpc) is 2.85. The molecule has 0 saturated heterocycles. The van der Waals surface area contributed by atoms with Crippen molar-refractivity contribution in [1.29, 1.82) is 0 Å². The number of hydrogen-bond donors (Lipinski definition) is 2. The van der Waals surface area contributed by atoms with Gasteiger partial charge in [0.1, 0.15) is 0 Å². The van der Waals surface area contributed by atoms with Crippen molar-refractivity contribution in [2.24, 2.45) is 4.99 Å². The number of rotatable bonds is 0. The van der Waals surface area contributed by atoms with E-state index >= 15 is 0 Å². The van der Waals surface area contributed by atoms with Gasteiger partial charge >= 0.3 is 0 Å². The van der Waals surface area contributed by atoms with Crippen LogP contribution in [0.1, 0.15) is 5.56 Å². The molecule has 98 valence electrons. The highest BCUT2D eigenvalue weighted by molar-refractivity contribution is 5.88. The van der Waals surface area contributed by atoms with Crippen LogP contribution in [0.3, 0.4) is 0 Å². The van der Waals surface area contributed by atoms with Crippen molar-refractivity contribution in [1.82, 2.24) is 4.98 Å². The van der Waals surface area contributed by atoms with E-state index in [0.29, 0.717) is 0 Å². The predicted molar refractivity (Wildman–Crippen MR) is 85.1 cm³/mol. The summed E-state index contributed by atoms with van der Waals surface area (Å²) in [7, 11) is 0. The molecule has 0 bridgehead atoms. The van der Waals surface area contributed by atoms with Gasteiger partial charge in [-0.15, -0.1) is 0 Å². The molecule has 2 heterocycles. The molecular formula is C17H15N3. The van der Waals surface area contributed by atoms with Crippen LogP contribution in [0.2, 0.25) is 0 Å². The fourth-order valence-corrected chi connectivity index (χ4v) is 2.03. The number of anilines is 1. The smallest absolute Gasteiger partial charge is 0.0469 e. The Hall–Kier alpha value is -2.81. The minimum atomic E-state index is 1.10. The zero-order chi connectivity index (χ0) is 13.6. The van der Waals surface area contributed by atoms with Crippen molar-refractivity contribution in [2.45, 2.75) is 0 Å². The summed E-state index contributed by atoms with van der Waals surface area (Å²) in [5.41, 5.74) is 3.43. The highest BCUT2D eigenvalue weighted by Crippen LogP contribution is 2.14. The number of nitrogens with one attached hydrogen (secondary N) is 2. The maximum atomic E-state index is 4.04. The maximum absolute atomic E-state index is 4.04. The number of aromatic amines is 1. The summed E-state index contributed by atoms with van der Waals surface area (Å²) in [5.74, 6) is 0. The van der Waals surface area contributed by atoms with Gasteiger partial charge in [-0.05, 0) is 23.6 Å². The summed E-state index contributed by atoms with van der Waals surface area (Å²) in [6, 6.07) is 18.3. The lowest BCUT2D eigenvalue weighted by molar-refractivity contribution is 1.48. The van der Waals surface area contributed by atoms with Crippen molar-refractivity contribution in [2.75, 3.05) is 5.32 Å². The maximum Gasteiger partial charge on any atom is 0.0469 e. The van der Waals surface area contributed by atoms with Gasteiger partial charge in [-0.25, -0.2) is 0 Å². The highest BCUT2D eigenvalue weighted by Gasteiger charge is 1.96. The van der Waals surface area contributed by atoms with Gasteiger partial charge in [-0.2, -0.15) is 0 Å². The third kappa shape index (κ3) is 2.78. The quantitative estimate of drug-likeness (QED) is 0.626. The number of para-hydroxylation sites is 2. The van der Waals surface area contributed by atoms with Gasteiger partial charge in [0.2, 0.25) is 0 Å². The van der Waals surface area contributed by atoms with Crippen LogP contribution in [0, 0.1) is 0 Å². The monoisotopic (exact) mass is 261 g/mol. The Balaban J connectivity index is 0.000000123. The molecule has 1 aliphatic heterocycles. The van der Waals surface area contributed by atoms with E-state index in [0.717, 1.165) is 11.3 Å². The molecule has 3 aromatic rings. The summed E-state index contributed by atoms with van der Waals surface area (Å²) in [6.45, 7) is 0. The third-order valence-corrected chi connectivity index (χ3v) is 3.04. The van der Waals surface area contributed by atoms with Gasteiger partial charge in [0.15, 0.2) is 0 Å². The van der Waals surface area contributed by atoms with Crippen LogP contribution in [0.15, 0.2) is 78.2 Å². The minimum Gasteiger partial charge on any atom is -0.361 e. The Kier molecular flexibility index (Phi) is 3.60. The van der Waals surface area contributed by atoms with Gasteiger partial charge in [0.05, 0.1) is 0 Å². The Morgan fingerprint density at radius 3 is 2.65 bits per heavy atom. The standard InChI is InChI=1S/C9H8N2.C8H7N/c1-2-4-9-8(3-1)7-10-5-6-11-9;1-2-4-8-7(3-1)5-6-9-8/h1-7,11H;1-6,9H. The molecule has 4 rings (SSSR count). The molecule has 3 heteroatoms. The summed E-state index contributed by atoms with van der Waals surface area (Å²) < 4.78 is 0. The van der Waals surface area contributed by atoms with Crippen molar-refractivity contribution in [3.05, 3.63) is 78.8 Å². The first-order valence-corrected chi connectivity index (χ1v) is 6.49. The molecular weight excluding hydrogens is 246 g/mol. The van der Waals surface area contributed by atoms with E-state index in [2.05, 4.69) is 33.5 Å². The lowest BCUT2D eigenvalue weighted by Gasteiger charge is -2.01. The van der Waals surface area contributed by atoms with Gasteiger partial charge in [0.25, 0.3) is 0 Å². The third-order valence-electron chi connectivity index (χ3n) is 3.04. The number of fused-ring (bicyclic) bond motifs is 2. The molecule has 20 heavy (non-hydrogen) atoms. The summed E-state index contributed by atoms with van der Waals surface area (Å²) in [6.07, 6.45) is 7.35. The van der Waals surface area contributed by atoms with E-state index in [9.17, 15) is 0 Å².